The molecule has 0 amide bonds. The molecule has 0 unspecified atom stereocenters. The highest BCUT2D eigenvalue weighted by Gasteiger charge is 2.11. The maximum Gasteiger partial charge on any atom is 0.162 e. The molecule has 0 aliphatic carbocycles. The van der Waals surface area contributed by atoms with Crippen LogP contribution in [0.15, 0.2) is 30.3 Å². The number of hydrogen-bond donors (Lipinski definition) is 1. The number of halogens is 3. The van der Waals surface area contributed by atoms with Crippen LogP contribution in [0, 0.1) is 5.82 Å². The summed E-state index contributed by atoms with van der Waals surface area (Å²) in [5.74, 6) is 0.815. The van der Waals surface area contributed by atoms with Crippen molar-refractivity contribution in [2.24, 2.45) is 0 Å². The highest BCUT2D eigenvalue weighted by Crippen LogP contribution is 2.34. The van der Waals surface area contributed by atoms with Crippen LogP contribution in [0.1, 0.15) is 19.4 Å². The van der Waals surface area contributed by atoms with Crippen LogP contribution in [-0.4, -0.2) is 13.2 Å². The summed E-state index contributed by atoms with van der Waals surface area (Å²) in [6.07, 6.45) is 0. The van der Waals surface area contributed by atoms with Gasteiger partial charge in [0, 0.05) is 23.3 Å². The van der Waals surface area contributed by atoms with E-state index in [0.29, 0.717) is 42.0 Å². The fourth-order valence-corrected chi connectivity index (χ4v) is 2.45. The topological polar surface area (TPSA) is 30.5 Å². The van der Waals surface area contributed by atoms with Crippen molar-refractivity contribution in [3.63, 3.8) is 0 Å². The van der Waals surface area contributed by atoms with E-state index in [1.54, 1.807) is 12.1 Å². The van der Waals surface area contributed by atoms with Gasteiger partial charge in [-0.3, -0.25) is 0 Å². The smallest absolute Gasteiger partial charge is 0.162 e. The fourth-order valence-electron chi connectivity index (χ4n) is 2.05. The lowest BCUT2D eigenvalue weighted by molar-refractivity contribution is 0.287. The lowest BCUT2D eigenvalue weighted by Gasteiger charge is -2.15. The van der Waals surface area contributed by atoms with Gasteiger partial charge in [0.25, 0.3) is 0 Å². The Hall–Kier alpha value is -1.65. The number of benzene rings is 2. The van der Waals surface area contributed by atoms with Gasteiger partial charge in [-0.15, -0.1) is 0 Å². The Labute approximate surface area is 145 Å². The van der Waals surface area contributed by atoms with Crippen LogP contribution in [0.2, 0.25) is 10.0 Å². The molecule has 0 spiro atoms. The van der Waals surface area contributed by atoms with E-state index in [4.69, 9.17) is 32.7 Å². The molecule has 0 aromatic heterocycles. The Balaban J connectivity index is 2.18. The normalized spacial score (nSPS) is 10.5. The molecule has 0 heterocycles. The zero-order chi connectivity index (χ0) is 16.8. The minimum atomic E-state index is -0.449. The molecule has 0 bridgehead atoms. The monoisotopic (exact) mass is 357 g/mol. The van der Waals surface area contributed by atoms with Crippen LogP contribution in [0.5, 0.6) is 11.5 Å². The van der Waals surface area contributed by atoms with E-state index >= 15 is 0 Å². The molecule has 124 valence electrons. The van der Waals surface area contributed by atoms with E-state index in [1.807, 2.05) is 19.9 Å². The summed E-state index contributed by atoms with van der Waals surface area (Å²) in [6, 6.07) is 8.05. The van der Waals surface area contributed by atoms with Crippen LogP contribution in [-0.2, 0) is 6.54 Å². The Kier molecular flexibility index (Phi) is 6.37. The maximum atomic E-state index is 13.2. The molecule has 3 nitrogen and oxygen atoms in total. The second kappa shape index (κ2) is 8.27. The first-order valence-electron chi connectivity index (χ1n) is 7.32. The fraction of sp³-hybridized carbons (Fsp3) is 0.294. The predicted octanol–water partition coefficient (Wildman–Crippen LogP) is 5.54. The minimum Gasteiger partial charge on any atom is -0.490 e. The largest absolute Gasteiger partial charge is 0.490 e. The van der Waals surface area contributed by atoms with Crippen LogP contribution >= 0.6 is 23.2 Å². The van der Waals surface area contributed by atoms with E-state index in [2.05, 4.69) is 5.32 Å². The molecule has 0 aliphatic heterocycles. The third-order valence-corrected chi connectivity index (χ3v) is 3.76. The van der Waals surface area contributed by atoms with Crippen molar-refractivity contribution in [1.29, 1.82) is 0 Å². The molecule has 0 radical (unpaired) electrons. The van der Waals surface area contributed by atoms with Crippen molar-refractivity contribution in [2.45, 2.75) is 20.4 Å². The Morgan fingerprint density at radius 3 is 2.22 bits per heavy atom. The average molecular weight is 358 g/mol. The first-order chi connectivity index (χ1) is 11.0. The number of nitrogens with one attached hydrogen (secondary N) is 1. The van der Waals surface area contributed by atoms with Crippen LogP contribution in [0.25, 0.3) is 0 Å². The lowest BCUT2D eigenvalue weighted by Crippen LogP contribution is -2.03. The van der Waals surface area contributed by atoms with E-state index < -0.39 is 5.82 Å². The maximum absolute atomic E-state index is 13.2. The number of anilines is 1. The van der Waals surface area contributed by atoms with Crippen LogP contribution < -0.4 is 14.8 Å². The highest BCUT2D eigenvalue weighted by molar-refractivity contribution is 6.31. The minimum absolute atomic E-state index is 0.0720. The summed E-state index contributed by atoms with van der Waals surface area (Å²) < 4.78 is 24.3. The quantitative estimate of drug-likeness (QED) is 0.705. The molecule has 2 aromatic rings. The number of hydrogen-bond acceptors (Lipinski definition) is 3. The van der Waals surface area contributed by atoms with Gasteiger partial charge in [-0.1, -0.05) is 23.2 Å². The van der Waals surface area contributed by atoms with Crippen molar-refractivity contribution in [2.75, 3.05) is 18.5 Å². The second-order valence-corrected chi connectivity index (χ2v) is 5.55. The number of rotatable bonds is 7. The third kappa shape index (κ3) is 4.66. The standard InChI is InChI=1S/C17H18Cl2FNO2/c1-3-22-16-7-11(13(18)9-17(16)23-4-2)10-21-12-5-6-15(20)14(19)8-12/h5-9,21H,3-4,10H2,1-2H3. The molecular weight excluding hydrogens is 340 g/mol. The van der Waals surface area contributed by atoms with Gasteiger partial charge >= 0.3 is 0 Å². The van der Waals surface area contributed by atoms with Gasteiger partial charge in [0.2, 0.25) is 0 Å². The summed E-state index contributed by atoms with van der Waals surface area (Å²) >= 11 is 12.1. The zero-order valence-corrected chi connectivity index (χ0v) is 14.5. The Bertz CT molecular complexity index is 680. The summed E-state index contributed by atoms with van der Waals surface area (Å²) in [4.78, 5) is 0. The molecule has 6 heteroatoms. The number of ether oxygens (including phenoxy) is 2. The van der Waals surface area contributed by atoms with Gasteiger partial charge in [0.05, 0.1) is 18.2 Å². The molecule has 2 rings (SSSR count). The van der Waals surface area contributed by atoms with E-state index in [1.165, 1.54) is 12.1 Å². The molecule has 0 aliphatic rings. The molecule has 1 N–H and O–H groups in total. The predicted molar refractivity (Wildman–Crippen MR) is 92.5 cm³/mol. The molecule has 0 saturated heterocycles. The van der Waals surface area contributed by atoms with Crippen molar-refractivity contribution in [1.82, 2.24) is 0 Å². The molecular formula is C17H18Cl2FNO2. The van der Waals surface area contributed by atoms with Gasteiger partial charge in [0.15, 0.2) is 11.5 Å². The van der Waals surface area contributed by atoms with Gasteiger partial charge in [-0.25, -0.2) is 4.39 Å². The Morgan fingerprint density at radius 2 is 1.61 bits per heavy atom. The van der Waals surface area contributed by atoms with Crippen molar-refractivity contribution in [3.8, 4) is 11.5 Å². The van der Waals surface area contributed by atoms with E-state index in [0.717, 1.165) is 5.56 Å². The first kappa shape index (κ1) is 17.7. The van der Waals surface area contributed by atoms with Crippen molar-refractivity contribution >= 4 is 28.9 Å². The van der Waals surface area contributed by atoms with Crippen LogP contribution in [0.3, 0.4) is 0 Å². The molecule has 0 fully saturated rings. The lowest BCUT2D eigenvalue weighted by atomic mass is 10.2. The van der Waals surface area contributed by atoms with Crippen molar-refractivity contribution < 1.29 is 13.9 Å². The first-order valence-corrected chi connectivity index (χ1v) is 8.07. The third-order valence-electron chi connectivity index (χ3n) is 3.12. The van der Waals surface area contributed by atoms with Crippen LogP contribution in [0.4, 0.5) is 10.1 Å². The van der Waals surface area contributed by atoms with E-state index in [-0.39, 0.29) is 5.02 Å². The highest BCUT2D eigenvalue weighted by atomic mass is 35.5. The molecule has 23 heavy (non-hydrogen) atoms. The van der Waals surface area contributed by atoms with Gasteiger partial charge in [-0.05, 0) is 43.7 Å². The summed E-state index contributed by atoms with van der Waals surface area (Å²) in [5, 5.41) is 3.80. The Morgan fingerprint density at radius 1 is 0.957 bits per heavy atom. The summed E-state index contributed by atoms with van der Waals surface area (Å²) in [7, 11) is 0. The van der Waals surface area contributed by atoms with E-state index in [9.17, 15) is 4.39 Å². The summed E-state index contributed by atoms with van der Waals surface area (Å²) in [6.45, 7) is 5.32. The SMILES string of the molecule is CCOc1cc(Cl)c(CNc2ccc(F)c(Cl)c2)cc1OCC. The van der Waals surface area contributed by atoms with Gasteiger partial charge < -0.3 is 14.8 Å². The average Bonchev–Trinajstić information content (AvgIpc) is 2.52. The van der Waals surface area contributed by atoms with Gasteiger partial charge in [0.1, 0.15) is 5.82 Å². The molecule has 0 atom stereocenters. The molecule has 0 saturated carbocycles. The summed E-state index contributed by atoms with van der Waals surface area (Å²) in [5.41, 5.74) is 1.55. The second-order valence-electron chi connectivity index (χ2n) is 4.74. The molecule has 2 aromatic carbocycles. The van der Waals surface area contributed by atoms with Gasteiger partial charge in [-0.2, -0.15) is 0 Å². The van der Waals surface area contributed by atoms with Crippen molar-refractivity contribution in [3.05, 3.63) is 51.8 Å². The zero-order valence-electron chi connectivity index (χ0n) is 13.0.